The summed E-state index contributed by atoms with van der Waals surface area (Å²) < 4.78 is 10.8. The number of benzene rings is 2. The summed E-state index contributed by atoms with van der Waals surface area (Å²) in [5.74, 6) is 2.65. The molecule has 0 bridgehead atoms. The first-order valence-electron chi connectivity index (χ1n) is 8.58. The lowest BCUT2D eigenvalue weighted by atomic mass is 9.92. The van der Waals surface area contributed by atoms with Gasteiger partial charge in [-0.1, -0.05) is 18.2 Å². The van der Waals surface area contributed by atoms with Crippen molar-refractivity contribution in [2.75, 3.05) is 14.2 Å². The lowest BCUT2D eigenvalue weighted by molar-refractivity contribution is 0.414. The van der Waals surface area contributed by atoms with E-state index in [4.69, 9.17) is 9.47 Å². The van der Waals surface area contributed by atoms with E-state index in [1.165, 1.54) is 16.7 Å². The smallest absolute Gasteiger partial charge is 0.119 e. The van der Waals surface area contributed by atoms with Crippen LogP contribution in [0.15, 0.2) is 55.0 Å². The van der Waals surface area contributed by atoms with Gasteiger partial charge < -0.3 is 14.5 Å². The van der Waals surface area contributed by atoms with Crippen molar-refractivity contribution in [1.29, 1.82) is 0 Å². The van der Waals surface area contributed by atoms with Gasteiger partial charge in [0, 0.05) is 12.1 Å². The van der Waals surface area contributed by atoms with E-state index in [1.807, 2.05) is 18.3 Å². The normalized spacial score (nSPS) is 18.8. The van der Waals surface area contributed by atoms with E-state index < -0.39 is 0 Å². The average Bonchev–Trinajstić information content (AvgIpc) is 3.30. The van der Waals surface area contributed by atoms with Gasteiger partial charge in [-0.25, -0.2) is 4.98 Å². The molecule has 0 fully saturated rings. The Morgan fingerprint density at radius 1 is 1.00 bits per heavy atom. The Kier molecular flexibility index (Phi) is 4.18. The fourth-order valence-electron chi connectivity index (χ4n) is 3.89. The molecule has 4 heteroatoms. The van der Waals surface area contributed by atoms with E-state index in [0.717, 1.165) is 30.0 Å². The number of nitrogens with zero attached hydrogens (tertiary/aromatic N) is 1. The van der Waals surface area contributed by atoms with Gasteiger partial charge in [-0.2, -0.15) is 0 Å². The Morgan fingerprint density at radius 2 is 1.76 bits per heavy atom. The predicted octanol–water partition coefficient (Wildman–Crippen LogP) is 4.29. The lowest BCUT2D eigenvalue weighted by Crippen LogP contribution is -2.00. The zero-order chi connectivity index (χ0) is 17.2. The van der Waals surface area contributed by atoms with Crippen LogP contribution in [0, 0.1) is 0 Å². The van der Waals surface area contributed by atoms with Crippen LogP contribution in [-0.2, 0) is 6.42 Å². The number of hydrogen-bond acceptors (Lipinski definition) is 3. The molecule has 128 valence electrons. The van der Waals surface area contributed by atoms with Crippen LogP contribution in [0.2, 0.25) is 0 Å². The van der Waals surface area contributed by atoms with Crippen LogP contribution in [-0.4, -0.2) is 24.2 Å². The quantitative estimate of drug-likeness (QED) is 0.757. The number of rotatable bonds is 5. The third-order valence-electron chi connectivity index (χ3n) is 5.16. The van der Waals surface area contributed by atoms with Gasteiger partial charge in [0.1, 0.15) is 11.5 Å². The first kappa shape index (κ1) is 15.8. The second-order valence-electron chi connectivity index (χ2n) is 6.52. The maximum absolute atomic E-state index is 5.46. The van der Waals surface area contributed by atoms with Crippen molar-refractivity contribution in [2.24, 2.45) is 0 Å². The molecule has 0 saturated heterocycles. The Balaban J connectivity index is 1.70. The molecule has 1 aromatic heterocycles. The fourth-order valence-corrected chi connectivity index (χ4v) is 3.89. The van der Waals surface area contributed by atoms with Crippen molar-refractivity contribution in [3.63, 3.8) is 0 Å². The number of aromatic nitrogens is 2. The van der Waals surface area contributed by atoms with Crippen molar-refractivity contribution in [2.45, 2.75) is 24.7 Å². The molecule has 4 nitrogen and oxygen atoms in total. The van der Waals surface area contributed by atoms with E-state index in [9.17, 15) is 0 Å². The molecule has 1 N–H and O–H groups in total. The monoisotopic (exact) mass is 334 g/mol. The van der Waals surface area contributed by atoms with E-state index in [-0.39, 0.29) is 0 Å². The van der Waals surface area contributed by atoms with Crippen molar-refractivity contribution in [3.8, 4) is 11.5 Å². The largest absolute Gasteiger partial charge is 0.497 e. The molecule has 2 atom stereocenters. The number of H-pyrrole nitrogens is 1. The van der Waals surface area contributed by atoms with Gasteiger partial charge in [-0.15, -0.1) is 0 Å². The summed E-state index contributed by atoms with van der Waals surface area (Å²) in [5.41, 5.74) is 5.21. The molecule has 0 amide bonds. The standard InChI is InChI=1S/C21H22N2O2/c1-24-17-5-3-14(4-6-17)20-10-15(9-16-12-22-13-23-16)21-11-18(25-2)7-8-19(20)21/h3-8,11-13,15,20H,9-10H2,1-2H3,(H,22,23). The highest BCUT2D eigenvalue weighted by Crippen LogP contribution is 2.47. The van der Waals surface area contributed by atoms with Crippen LogP contribution in [0.5, 0.6) is 11.5 Å². The van der Waals surface area contributed by atoms with Crippen molar-refractivity contribution < 1.29 is 9.47 Å². The number of imidazole rings is 1. The highest BCUT2D eigenvalue weighted by Gasteiger charge is 2.32. The molecular weight excluding hydrogens is 312 g/mol. The summed E-state index contributed by atoms with van der Waals surface area (Å²) >= 11 is 0. The maximum atomic E-state index is 5.46. The van der Waals surface area contributed by atoms with E-state index in [1.54, 1.807) is 20.5 Å². The lowest BCUT2D eigenvalue weighted by Gasteiger charge is -2.13. The molecule has 2 unspecified atom stereocenters. The summed E-state index contributed by atoms with van der Waals surface area (Å²) in [7, 11) is 3.42. The molecule has 2 aromatic carbocycles. The Hall–Kier alpha value is -2.75. The van der Waals surface area contributed by atoms with E-state index in [0.29, 0.717) is 11.8 Å². The Morgan fingerprint density at radius 3 is 2.44 bits per heavy atom. The number of hydrogen-bond donors (Lipinski definition) is 1. The van der Waals surface area contributed by atoms with Gasteiger partial charge >= 0.3 is 0 Å². The molecule has 4 rings (SSSR count). The summed E-state index contributed by atoms with van der Waals surface area (Å²) in [5, 5.41) is 0. The van der Waals surface area contributed by atoms with Crippen LogP contribution in [0.4, 0.5) is 0 Å². The molecular formula is C21H22N2O2. The number of ether oxygens (including phenoxy) is 2. The van der Waals surface area contributed by atoms with Gasteiger partial charge in [-0.3, -0.25) is 0 Å². The first-order valence-corrected chi connectivity index (χ1v) is 8.58. The third kappa shape index (κ3) is 3.00. The molecule has 0 aliphatic heterocycles. The first-order chi connectivity index (χ1) is 12.3. The van der Waals surface area contributed by atoms with Crippen LogP contribution >= 0.6 is 0 Å². The second-order valence-corrected chi connectivity index (χ2v) is 6.52. The second kappa shape index (κ2) is 6.63. The number of methoxy groups -OCH3 is 2. The molecule has 25 heavy (non-hydrogen) atoms. The molecule has 0 radical (unpaired) electrons. The summed E-state index contributed by atoms with van der Waals surface area (Å²) in [6.07, 6.45) is 5.76. The molecule has 1 heterocycles. The minimum atomic E-state index is 0.399. The highest BCUT2D eigenvalue weighted by atomic mass is 16.5. The third-order valence-corrected chi connectivity index (χ3v) is 5.16. The summed E-state index contributed by atoms with van der Waals surface area (Å²) in [6, 6.07) is 14.9. The number of fused-ring (bicyclic) bond motifs is 1. The minimum Gasteiger partial charge on any atom is -0.497 e. The highest BCUT2D eigenvalue weighted by molar-refractivity contribution is 5.49. The van der Waals surface area contributed by atoms with Gasteiger partial charge in [-0.05, 0) is 59.7 Å². The molecule has 3 aromatic rings. The van der Waals surface area contributed by atoms with Crippen molar-refractivity contribution >= 4 is 0 Å². The van der Waals surface area contributed by atoms with E-state index >= 15 is 0 Å². The zero-order valence-electron chi connectivity index (χ0n) is 14.5. The number of aromatic amines is 1. The number of nitrogens with one attached hydrogen (secondary N) is 1. The average molecular weight is 334 g/mol. The van der Waals surface area contributed by atoms with Gasteiger partial charge in [0.05, 0.1) is 26.2 Å². The van der Waals surface area contributed by atoms with Gasteiger partial charge in [0.2, 0.25) is 0 Å². The minimum absolute atomic E-state index is 0.399. The van der Waals surface area contributed by atoms with Gasteiger partial charge in [0.15, 0.2) is 0 Å². The van der Waals surface area contributed by atoms with Gasteiger partial charge in [0.25, 0.3) is 0 Å². The summed E-state index contributed by atoms with van der Waals surface area (Å²) in [6.45, 7) is 0. The van der Waals surface area contributed by atoms with Crippen LogP contribution in [0.1, 0.15) is 40.6 Å². The van der Waals surface area contributed by atoms with E-state index in [2.05, 4.69) is 40.3 Å². The Bertz CT molecular complexity index is 841. The SMILES string of the molecule is COc1ccc(C2CC(Cc3c[nH]cn3)c3cc(OC)ccc32)cc1. The molecule has 1 aliphatic carbocycles. The Labute approximate surface area is 147 Å². The topological polar surface area (TPSA) is 47.1 Å². The van der Waals surface area contributed by atoms with Crippen molar-refractivity contribution in [1.82, 2.24) is 9.97 Å². The molecule has 0 spiro atoms. The molecule has 1 aliphatic rings. The fraction of sp³-hybridized carbons (Fsp3) is 0.286. The predicted molar refractivity (Wildman–Crippen MR) is 97.5 cm³/mol. The zero-order valence-corrected chi connectivity index (χ0v) is 14.5. The van der Waals surface area contributed by atoms with Crippen LogP contribution < -0.4 is 9.47 Å². The molecule has 0 saturated carbocycles. The van der Waals surface area contributed by atoms with Crippen molar-refractivity contribution in [3.05, 3.63) is 77.4 Å². The maximum Gasteiger partial charge on any atom is 0.119 e. The van der Waals surface area contributed by atoms with Crippen LogP contribution in [0.25, 0.3) is 0 Å². The summed E-state index contributed by atoms with van der Waals surface area (Å²) in [4.78, 5) is 7.47. The van der Waals surface area contributed by atoms with Crippen LogP contribution in [0.3, 0.4) is 0 Å².